The molecule has 1 aromatic carbocycles. The van der Waals surface area contributed by atoms with Crippen LogP contribution in [0.15, 0.2) is 24.3 Å². The topological polar surface area (TPSA) is 56.7 Å². The van der Waals surface area contributed by atoms with Crippen molar-refractivity contribution < 1.29 is 0 Å². The fraction of sp³-hybridized carbons (Fsp3) is 0.429. The van der Waals surface area contributed by atoms with E-state index in [4.69, 9.17) is 5.73 Å². The van der Waals surface area contributed by atoms with Crippen molar-refractivity contribution in [1.82, 2.24) is 14.8 Å². The number of aryl methyl sites for hydroxylation is 2. The lowest BCUT2D eigenvalue weighted by molar-refractivity contribution is 0.784. The molecule has 2 rings (SSSR count). The van der Waals surface area contributed by atoms with Crippen molar-refractivity contribution in [3.05, 3.63) is 41.5 Å². The predicted molar refractivity (Wildman–Crippen MR) is 72.7 cm³/mol. The van der Waals surface area contributed by atoms with E-state index >= 15 is 0 Å². The van der Waals surface area contributed by atoms with Crippen LogP contribution in [0.25, 0.3) is 5.69 Å². The molecule has 96 valence electrons. The van der Waals surface area contributed by atoms with E-state index in [0.717, 1.165) is 35.7 Å². The normalized spacial score (nSPS) is 12.7. The van der Waals surface area contributed by atoms with Gasteiger partial charge in [-0.05, 0) is 24.6 Å². The van der Waals surface area contributed by atoms with Crippen LogP contribution in [0.4, 0.5) is 0 Å². The van der Waals surface area contributed by atoms with Crippen LogP contribution in [0.3, 0.4) is 0 Å². The second-order valence-corrected chi connectivity index (χ2v) is 4.44. The van der Waals surface area contributed by atoms with Crippen LogP contribution in [0.5, 0.6) is 0 Å². The lowest BCUT2D eigenvalue weighted by Gasteiger charge is -2.08. The maximum absolute atomic E-state index is 5.85. The maximum atomic E-state index is 5.85. The molecule has 0 unspecified atom stereocenters. The molecule has 0 aliphatic rings. The van der Waals surface area contributed by atoms with Crippen molar-refractivity contribution >= 4 is 0 Å². The first-order valence-corrected chi connectivity index (χ1v) is 6.46. The van der Waals surface area contributed by atoms with Crippen molar-refractivity contribution in [3.63, 3.8) is 0 Å². The minimum absolute atomic E-state index is 0.0617. The second kappa shape index (κ2) is 5.31. The number of rotatable bonds is 4. The number of benzene rings is 1. The zero-order valence-corrected chi connectivity index (χ0v) is 11.2. The Morgan fingerprint density at radius 2 is 1.83 bits per heavy atom. The maximum Gasteiger partial charge on any atom is 0.151 e. The molecule has 0 radical (unpaired) electrons. The van der Waals surface area contributed by atoms with E-state index < -0.39 is 0 Å². The summed E-state index contributed by atoms with van der Waals surface area (Å²) in [6.07, 6.45) is 1.74. The van der Waals surface area contributed by atoms with Gasteiger partial charge in [0.2, 0.25) is 0 Å². The van der Waals surface area contributed by atoms with E-state index in [1.54, 1.807) is 0 Å². The highest BCUT2D eigenvalue weighted by molar-refractivity contribution is 5.35. The quantitative estimate of drug-likeness (QED) is 0.898. The number of nitrogens with two attached hydrogens (primary N) is 1. The van der Waals surface area contributed by atoms with Gasteiger partial charge in [0, 0.05) is 18.9 Å². The van der Waals surface area contributed by atoms with Crippen LogP contribution in [0.1, 0.15) is 44.0 Å². The molecular weight excluding hydrogens is 224 g/mol. The number of hydrogen-bond acceptors (Lipinski definition) is 3. The first-order chi connectivity index (χ1) is 8.65. The first kappa shape index (κ1) is 12.8. The van der Waals surface area contributed by atoms with Crippen LogP contribution in [0, 0.1) is 0 Å². The van der Waals surface area contributed by atoms with Crippen LogP contribution < -0.4 is 5.73 Å². The average molecular weight is 244 g/mol. The highest BCUT2D eigenvalue weighted by Gasteiger charge is 2.09. The summed E-state index contributed by atoms with van der Waals surface area (Å²) in [5.41, 5.74) is 8.03. The van der Waals surface area contributed by atoms with Gasteiger partial charge in [-0.3, -0.25) is 0 Å². The Bertz CT molecular complexity index is 511. The third-order valence-electron chi connectivity index (χ3n) is 3.01. The molecule has 4 heteroatoms. The third-order valence-corrected chi connectivity index (χ3v) is 3.01. The van der Waals surface area contributed by atoms with Gasteiger partial charge in [-0.2, -0.15) is 5.10 Å². The lowest BCUT2D eigenvalue weighted by Crippen LogP contribution is -2.06. The molecular formula is C14H20N4. The molecule has 1 aromatic heterocycles. The van der Waals surface area contributed by atoms with Crippen molar-refractivity contribution in [2.45, 2.75) is 39.7 Å². The Kier molecular flexibility index (Phi) is 3.77. The van der Waals surface area contributed by atoms with Crippen molar-refractivity contribution in [1.29, 1.82) is 0 Å². The van der Waals surface area contributed by atoms with Gasteiger partial charge in [0.1, 0.15) is 5.82 Å². The van der Waals surface area contributed by atoms with E-state index in [2.05, 4.69) is 23.9 Å². The highest BCUT2D eigenvalue weighted by Crippen LogP contribution is 2.15. The summed E-state index contributed by atoms with van der Waals surface area (Å²) in [5.74, 6) is 1.89. The predicted octanol–water partition coefficient (Wildman–Crippen LogP) is 2.41. The summed E-state index contributed by atoms with van der Waals surface area (Å²) >= 11 is 0. The molecule has 0 saturated carbocycles. The molecule has 2 aromatic rings. The highest BCUT2D eigenvalue weighted by atomic mass is 15.3. The Morgan fingerprint density at radius 3 is 2.33 bits per heavy atom. The monoisotopic (exact) mass is 244 g/mol. The van der Waals surface area contributed by atoms with E-state index in [1.807, 2.05) is 35.9 Å². The smallest absolute Gasteiger partial charge is 0.151 e. The molecule has 0 fully saturated rings. The molecule has 1 heterocycles. The molecule has 0 aliphatic carbocycles. The molecule has 2 N–H and O–H groups in total. The molecule has 18 heavy (non-hydrogen) atoms. The molecule has 0 saturated heterocycles. The fourth-order valence-electron chi connectivity index (χ4n) is 1.90. The Hall–Kier alpha value is -1.68. The van der Waals surface area contributed by atoms with Gasteiger partial charge >= 0.3 is 0 Å². The summed E-state index contributed by atoms with van der Waals surface area (Å²) in [6, 6.07) is 8.25. The Labute approximate surface area is 108 Å². The summed E-state index contributed by atoms with van der Waals surface area (Å²) in [6.45, 7) is 6.14. The number of nitrogens with zero attached hydrogens (tertiary/aromatic N) is 3. The molecule has 0 bridgehead atoms. The van der Waals surface area contributed by atoms with Crippen molar-refractivity contribution in [3.8, 4) is 5.69 Å². The lowest BCUT2D eigenvalue weighted by atomic mass is 10.1. The van der Waals surface area contributed by atoms with Gasteiger partial charge in [-0.1, -0.05) is 26.0 Å². The summed E-state index contributed by atoms with van der Waals surface area (Å²) < 4.78 is 1.92. The SMILES string of the molecule is CCc1nc(CC)n(-c2ccc([C@@H](C)N)cc2)n1. The van der Waals surface area contributed by atoms with E-state index in [-0.39, 0.29) is 6.04 Å². The summed E-state index contributed by atoms with van der Waals surface area (Å²) in [4.78, 5) is 4.51. The van der Waals surface area contributed by atoms with E-state index in [1.165, 1.54) is 0 Å². The van der Waals surface area contributed by atoms with Gasteiger partial charge in [-0.15, -0.1) is 0 Å². The van der Waals surface area contributed by atoms with E-state index in [9.17, 15) is 0 Å². The molecule has 0 spiro atoms. The van der Waals surface area contributed by atoms with Gasteiger partial charge in [0.05, 0.1) is 5.69 Å². The van der Waals surface area contributed by atoms with Crippen LogP contribution in [-0.2, 0) is 12.8 Å². The summed E-state index contributed by atoms with van der Waals surface area (Å²) in [5, 5.41) is 4.52. The average Bonchev–Trinajstić information content (AvgIpc) is 2.82. The molecule has 4 nitrogen and oxygen atoms in total. The minimum atomic E-state index is 0.0617. The second-order valence-electron chi connectivity index (χ2n) is 4.44. The van der Waals surface area contributed by atoms with Crippen LogP contribution in [-0.4, -0.2) is 14.8 Å². The standard InChI is InChI=1S/C14H20N4/c1-4-13-16-14(5-2)18(17-13)12-8-6-11(7-9-12)10(3)15/h6-10H,4-5,15H2,1-3H3/t10-/m1/s1. The first-order valence-electron chi connectivity index (χ1n) is 6.46. The molecule has 0 amide bonds. The zero-order valence-electron chi connectivity index (χ0n) is 11.2. The van der Waals surface area contributed by atoms with Crippen LogP contribution in [0.2, 0.25) is 0 Å². The molecule has 1 atom stereocenters. The fourth-order valence-corrected chi connectivity index (χ4v) is 1.90. The minimum Gasteiger partial charge on any atom is -0.324 e. The third kappa shape index (κ3) is 2.43. The van der Waals surface area contributed by atoms with Crippen molar-refractivity contribution in [2.75, 3.05) is 0 Å². The Morgan fingerprint density at radius 1 is 1.17 bits per heavy atom. The van der Waals surface area contributed by atoms with Crippen molar-refractivity contribution in [2.24, 2.45) is 5.73 Å². The van der Waals surface area contributed by atoms with Crippen LogP contribution >= 0.6 is 0 Å². The number of hydrogen-bond donors (Lipinski definition) is 1. The largest absolute Gasteiger partial charge is 0.324 e. The zero-order chi connectivity index (χ0) is 13.1. The Balaban J connectivity index is 2.38. The van der Waals surface area contributed by atoms with Gasteiger partial charge in [0.25, 0.3) is 0 Å². The molecule has 0 aliphatic heterocycles. The number of aromatic nitrogens is 3. The summed E-state index contributed by atoms with van der Waals surface area (Å²) in [7, 11) is 0. The van der Waals surface area contributed by atoms with Gasteiger partial charge in [0.15, 0.2) is 5.82 Å². The van der Waals surface area contributed by atoms with Gasteiger partial charge in [-0.25, -0.2) is 9.67 Å². The van der Waals surface area contributed by atoms with E-state index in [0.29, 0.717) is 0 Å². The van der Waals surface area contributed by atoms with Gasteiger partial charge < -0.3 is 5.73 Å².